The third kappa shape index (κ3) is 6.05. The number of hydrogen-bond donors (Lipinski definition) is 4. The highest BCUT2D eigenvalue weighted by Crippen LogP contribution is 2.18. The van der Waals surface area contributed by atoms with Gasteiger partial charge in [0.2, 0.25) is 10.0 Å². The number of hydrogen-bond acceptors (Lipinski definition) is 8. The molecule has 0 aliphatic heterocycles. The molecule has 0 aliphatic carbocycles. The van der Waals surface area contributed by atoms with Crippen molar-refractivity contribution in [2.75, 3.05) is 5.43 Å². The van der Waals surface area contributed by atoms with E-state index in [9.17, 15) is 18.3 Å². The van der Waals surface area contributed by atoms with Gasteiger partial charge in [-0.2, -0.15) is 10.2 Å². The molecule has 1 heterocycles. The van der Waals surface area contributed by atoms with Crippen molar-refractivity contribution in [3.8, 4) is 5.75 Å². The first-order chi connectivity index (χ1) is 16.8. The number of sulfonamides is 1. The topological polar surface area (TPSA) is 159 Å². The second-order valence-electron chi connectivity index (χ2n) is 7.35. The Hall–Kier alpha value is -4.61. The Balaban J connectivity index is 1.53. The van der Waals surface area contributed by atoms with E-state index in [1.165, 1.54) is 48.8 Å². The minimum atomic E-state index is -3.78. The molecule has 1 amide bonds. The number of phenols is 1. The number of nitrogens with one attached hydrogen (secondary N) is 2. The van der Waals surface area contributed by atoms with Crippen molar-refractivity contribution in [3.63, 3.8) is 0 Å². The molecule has 0 saturated heterocycles. The van der Waals surface area contributed by atoms with Crippen molar-refractivity contribution < 1.29 is 18.3 Å². The van der Waals surface area contributed by atoms with Gasteiger partial charge < -0.3 is 5.11 Å². The van der Waals surface area contributed by atoms with Crippen LogP contribution in [0, 0.1) is 0 Å². The van der Waals surface area contributed by atoms with Gasteiger partial charge in [0, 0.05) is 5.39 Å². The van der Waals surface area contributed by atoms with Crippen LogP contribution in [0.3, 0.4) is 0 Å². The molecule has 0 aliphatic rings. The summed E-state index contributed by atoms with van der Waals surface area (Å²) in [6.07, 6.45) is 2.86. The van der Waals surface area contributed by atoms with Crippen LogP contribution in [0.15, 0.2) is 94.0 Å². The summed E-state index contributed by atoms with van der Waals surface area (Å²) in [5.41, 5.74) is 7.78. The Morgan fingerprint density at radius 2 is 1.71 bits per heavy atom. The lowest BCUT2D eigenvalue weighted by Gasteiger charge is -2.07. The minimum Gasteiger partial charge on any atom is -0.508 e. The average Bonchev–Trinajstić information content (AvgIpc) is 2.83. The predicted octanol–water partition coefficient (Wildman–Crippen LogP) is 2.80. The minimum absolute atomic E-state index is 0.00870. The van der Waals surface area contributed by atoms with Crippen LogP contribution >= 0.6 is 0 Å². The van der Waals surface area contributed by atoms with Gasteiger partial charge in [0.1, 0.15) is 5.75 Å². The summed E-state index contributed by atoms with van der Waals surface area (Å²) in [5, 5.41) is 23.4. The van der Waals surface area contributed by atoms with E-state index in [-0.39, 0.29) is 10.6 Å². The summed E-state index contributed by atoms with van der Waals surface area (Å²) >= 11 is 0. The maximum Gasteiger partial charge on any atom is 0.272 e. The largest absolute Gasteiger partial charge is 0.508 e. The molecule has 0 radical (unpaired) electrons. The molecule has 5 N–H and O–H groups in total. The van der Waals surface area contributed by atoms with Crippen LogP contribution in [-0.2, 0) is 10.0 Å². The molecule has 11 heteroatoms. The van der Waals surface area contributed by atoms with E-state index in [0.29, 0.717) is 33.4 Å². The molecular formula is C24H20N6O4S. The van der Waals surface area contributed by atoms with Crippen molar-refractivity contribution in [1.29, 1.82) is 0 Å². The number of hydrazone groups is 2. The molecule has 3 aromatic carbocycles. The second kappa shape index (κ2) is 10.1. The summed E-state index contributed by atoms with van der Waals surface area (Å²) in [6.45, 7) is 0. The molecule has 4 aromatic rings. The van der Waals surface area contributed by atoms with Crippen LogP contribution in [0.25, 0.3) is 10.9 Å². The van der Waals surface area contributed by atoms with Gasteiger partial charge in [-0.15, -0.1) is 0 Å². The van der Waals surface area contributed by atoms with E-state index in [2.05, 4.69) is 26.0 Å². The molecule has 10 nitrogen and oxygen atoms in total. The first kappa shape index (κ1) is 23.5. The highest BCUT2D eigenvalue weighted by atomic mass is 32.2. The number of carbonyl (C=O) groups is 1. The highest BCUT2D eigenvalue weighted by Gasteiger charge is 2.12. The fourth-order valence-corrected chi connectivity index (χ4v) is 3.69. The lowest BCUT2D eigenvalue weighted by atomic mass is 10.1. The zero-order valence-corrected chi connectivity index (χ0v) is 19.0. The number of primary sulfonamides is 1. The van der Waals surface area contributed by atoms with Crippen molar-refractivity contribution >= 4 is 44.9 Å². The number of aromatic hydroxyl groups is 1. The smallest absolute Gasteiger partial charge is 0.272 e. The van der Waals surface area contributed by atoms with Gasteiger partial charge in [0.15, 0.2) is 0 Å². The maximum atomic E-state index is 12.9. The number of aromatic nitrogens is 1. The van der Waals surface area contributed by atoms with E-state index in [0.717, 1.165) is 0 Å². The number of nitrogens with zero attached hydrogens (tertiary/aromatic N) is 3. The monoisotopic (exact) mass is 488 g/mol. The number of fused-ring (bicyclic) bond motifs is 1. The zero-order valence-electron chi connectivity index (χ0n) is 18.2. The molecule has 176 valence electrons. The number of phenolic OH excluding ortho intramolecular Hbond substituents is 1. The summed E-state index contributed by atoms with van der Waals surface area (Å²) in [6, 6.07) is 21.0. The lowest BCUT2D eigenvalue weighted by molar-refractivity contribution is 0.0956. The predicted molar refractivity (Wildman–Crippen MR) is 134 cm³/mol. The van der Waals surface area contributed by atoms with Crippen LogP contribution < -0.4 is 16.0 Å². The molecule has 0 unspecified atom stereocenters. The fraction of sp³-hybridized carbons (Fsp3) is 0. The Bertz CT molecular complexity index is 1550. The fourth-order valence-electron chi connectivity index (χ4n) is 3.17. The van der Waals surface area contributed by atoms with E-state index >= 15 is 0 Å². The number of benzene rings is 3. The zero-order chi connectivity index (χ0) is 24.8. The van der Waals surface area contributed by atoms with Gasteiger partial charge in [-0.05, 0) is 54.1 Å². The van der Waals surface area contributed by atoms with Crippen LogP contribution in [0.1, 0.15) is 21.6 Å². The summed E-state index contributed by atoms with van der Waals surface area (Å²) < 4.78 is 22.7. The average molecular weight is 489 g/mol. The van der Waals surface area contributed by atoms with Crippen LogP contribution in [0.5, 0.6) is 5.75 Å². The van der Waals surface area contributed by atoms with Crippen LogP contribution in [-0.4, -0.2) is 36.8 Å². The van der Waals surface area contributed by atoms with Crippen LogP contribution in [0.2, 0.25) is 0 Å². The number of anilines is 1. The Morgan fingerprint density at radius 3 is 2.46 bits per heavy atom. The molecule has 4 rings (SSSR count). The normalized spacial score (nSPS) is 11.8. The summed E-state index contributed by atoms with van der Waals surface area (Å²) in [5.74, 6) is -0.348. The van der Waals surface area contributed by atoms with E-state index in [1.54, 1.807) is 36.4 Å². The van der Waals surface area contributed by atoms with Gasteiger partial charge in [-0.1, -0.05) is 30.3 Å². The molecule has 0 spiro atoms. The van der Waals surface area contributed by atoms with Gasteiger partial charge in [0.05, 0.1) is 39.8 Å². The maximum absolute atomic E-state index is 12.9. The van der Waals surface area contributed by atoms with Crippen molar-refractivity contribution in [2.24, 2.45) is 15.3 Å². The second-order valence-corrected chi connectivity index (χ2v) is 8.91. The number of rotatable bonds is 7. The van der Waals surface area contributed by atoms with E-state index < -0.39 is 15.9 Å². The SMILES string of the molecule is NS(=O)(=O)c1ccc(N/N=C/c2cc(C(=O)N/N=C/c3cccc(O)c3)c3ccccc3n2)cc1. The Morgan fingerprint density at radius 1 is 0.943 bits per heavy atom. The molecule has 0 bridgehead atoms. The van der Waals surface area contributed by atoms with Crippen molar-refractivity contribution in [3.05, 3.63) is 95.7 Å². The summed E-state index contributed by atoms with van der Waals surface area (Å²) in [4.78, 5) is 17.3. The first-order valence-electron chi connectivity index (χ1n) is 10.2. The first-order valence-corrected chi connectivity index (χ1v) is 11.8. The van der Waals surface area contributed by atoms with Gasteiger partial charge in [0.25, 0.3) is 5.91 Å². The van der Waals surface area contributed by atoms with Crippen LogP contribution in [0.4, 0.5) is 5.69 Å². The molecule has 0 atom stereocenters. The van der Waals surface area contributed by atoms with Crippen molar-refractivity contribution in [2.45, 2.75) is 4.90 Å². The standard InChI is InChI=1S/C24H20N6O4S/c25-35(33,34)20-10-8-17(9-11-20)29-27-15-18-13-22(21-6-1-2-7-23(21)28-18)24(32)30-26-14-16-4-3-5-19(31)12-16/h1-15,29,31H,(H,30,32)(H2,25,33,34)/b26-14+,27-15+. The van der Waals surface area contributed by atoms with E-state index in [4.69, 9.17) is 5.14 Å². The number of para-hydroxylation sites is 1. The highest BCUT2D eigenvalue weighted by molar-refractivity contribution is 7.89. The lowest BCUT2D eigenvalue weighted by Crippen LogP contribution is -2.18. The number of carbonyl (C=O) groups excluding carboxylic acids is 1. The molecular weight excluding hydrogens is 468 g/mol. The molecule has 0 fully saturated rings. The molecule has 35 heavy (non-hydrogen) atoms. The third-order valence-corrected chi connectivity index (χ3v) is 5.73. The molecule has 1 aromatic heterocycles. The number of amides is 1. The van der Waals surface area contributed by atoms with Gasteiger partial charge in [-0.3, -0.25) is 10.2 Å². The summed E-state index contributed by atoms with van der Waals surface area (Å²) in [7, 11) is -3.78. The number of nitrogens with two attached hydrogens (primary N) is 1. The number of pyridine rings is 1. The Kier molecular flexibility index (Phi) is 6.81. The van der Waals surface area contributed by atoms with Crippen molar-refractivity contribution in [1.82, 2.24) is 10.4 Å². The quantitative estimate of drug-likeness (QED) is 0.231. The third-order valence-electron chi connectivity index (χ3n) is 4.80. The van der Waals surface area contributed by atoms with Gasteiger partial charge >= 0.3 is 0 Å². The van der Waals surface area contributed by atoms with E-state index in [1.807, 2.05) is 6.07 Å². The Labute approximate surface area is 200 Å². The molecule has 0 saturated carbocycles. The van der Waals surface area contributed by atoms with Gasteiger partial charge in [-0.25, -0.2) is 24.0 Å².